The minimum atomic E-state index is -0.994. The normalized spacial score (nSPS) is 20.7. The summed E-state index contributed by atoms with van der Waals surface area (Å²) in [7, 11) is 3.17. The Kier molecular flexibility index (Phi) is 10.8. The van der Waals surface area contributed by atoms with Crippen LogP contribution in [0, 0.1) is 11.3 Å². The number of aliphatic carboxylic acids is 1. The van der Waals surface area contributed by atoms with Gasteiger partial charge in [-0.2, -0.15) is 0 Å². The van der Waals surface area contributed by atoms with Crippen molar-refractivity contribution in [2.45, 2.75) is 58.2 Å². The highest BCUT2D eigenvalue weighted by atomic mass is 35.5. The van der Waals surface area contributed by atoms with E-state index in [1.807, 2.05) is 62.4 Å². The Morgan fingerprint density at radius 1 is 1.19 bits per heavy atom. The average molecular weight is 681 g/mol. The third-order valence-corrected chi connectivity index (χ3v) is 10.0. The summed E-state index contributed by atoms with van der Waals surface area (Å²) in [5.74, 6) is -0.910. The second-order valence-electron chi connectivity index (χ2n) is 12.8. The number of carbonyl (C=O) groups excluding carboxylic acids is 1. The van der Waals surface area contributed by atoms with E-state index < -0.39 is 29.5 Å². The van der Waals surface area contributed by atoms with Crippen LogP contribution < -0.4 is 4.90 Å². The number of ether oxygens (including phenoxy) is 3. The molecule has 11 heteroatoms. The van der Waals surface area contributed by atoms with Crippen molar-refractivity contribution < 1.29 is 34.0 Å². The molecule has 47 heavy (non-hydrogen) atoms. The molecule has 2 N–H and O–H groups in total. The number of hydrogen-bond donors (Lipinski definition) is 2. The zero-order valence-electron chi connectivity index (χ0n) is 27.2. The van der Waals surface area contributed by atoms with E-state index in [2.05, 4.69) is 11.9 Å². The van der Waals surface area contributed by atoms with Crippen molar-refractivity contribution >= 4 is 40.5 Å². The Labute approximate surface area is 284 Å². The molecule has 1 aliphatic heterocycles. The molecule has 1 aromatic heterocycles. The minimum Gasteiger partial charge on any atom is -0.493 e. The summed E-state index contributed by atoms with van der Waals surface area (Å²) >= 11 is 7.86. The predicted molar refractivity (Wildman–Crippen MR) is 182 cm³/mol. The van der Waals surface area contributed by atoms with E-state index in [0.717, 1.165) is 11.1 Å². The van der Waals surface area contributed by atoms with Crippen molar-refractivity contribution in [1.82, 2.24) is 4.98 Å². The van der Waals surface area contributed by atoms with E-state index in [4.69, 9.17) is 25.8 Å². The van der Waals surface area contributed by atoms with Crippen LogP contribution in [0.1, 0.15) is 60.2 Å². The molecular formula is C36H41ClN2O7S. The Bertz CT molecular complexity index is 1670. The molecule has 5 rings (SSSR count). The summed E-state index contributed by atoms with van der Waals surface area (Å²) in [5.41, 5.74) is 2.44. The maximum atomic E-state index is 14.5. The van der Waals surface area contributed by atoms with Gasteiger partial charge in [-0.05, 0) is 48.6 Å². The number of aromatic nitrogens is 1. The van der Waals surface area contributed by atoms with E-state index in [0.29, 0.717) is 50.5 Å². The van der Waals surface area contributed by atoms with Crippen LogP contribution in [-0.4, -0.2) is 60.5 Å². The number of rotatable bonds is 12. The first-order valence-corrected chi connectivity index (χ1v) is 16.8. The lowest BCUT2D eigenvalue weighted by Gasteiger charge is -2.33. The lowest BCUT2D eigenvalue weighted by Crippen LogP contribution is -2.46. The lowest BCUT2D eigenvalue weighted by molar-refractivity contribution is -0.138. The van der Waals surface area contributed by atoms with Crippen molar-refractivity contribution in [2.24, 2.45) is 11.3 Å². The van der Waals surface area contributed by atoms with Crippen molar-refractivity contribution in [3.63, 3.8) is 0 Å². The second kappa shape index (κ2) is 14.6. The van der Waals surface area contributed by atoms with Gasteiger partial charge in [-0.15, -0.1) is 11.3 Å². The number of aliphatic hydroxyl groups excluding tert-OH is 1. The maximum Gasteiger partial charge on any atom is 0.312 e. The zero-order chi connectivity index (χ0) is 33.9. The molecule has 0 spiro atoms. The molecule has 4 atom stereocenters. The van der Waals surface area contributed by atoms with Gasteiger partial charge >= 0.3 is 5.97 Å². The smallest absolute Gasteiger partial charge is 0.312 e. The number of anilines is 1. The van der Waals surface area contributed by atoms with Gasteiger partial charge in [0.25, 0.3) is 5.91 Å². The molecular weight excluding hydrogens is 640 g/mol. The number of halogens is 1. The van der Waals surface area contributed by atoms with Gasteiger partial charge in [-0.1, -0.05) is 62.7 Å². The second-order valence-corrected chi connectivity index (χ2v) is 14.4. The summed E-state index contributed by atoms with van der Waals surface area (Å²) in [6.07, 6.45) is 2.96. The van der Waals surface area contributed by atoms with Crippen molar-refractivity contribution in [1.29, 1.82) is 0 Å². The summed E-state index contributed by atoms with van der Waals surface area (Å²) < 4.78 is 18.4. The molecule has 2 unspecified atom stereocenters. The van der Waals surface area contributed by atoms with Crippen LogP contribution >= 0.6 is 22.9 Å². The first-order chi connectivity index (χ1) is 22.5. The monoisotopic (exact) mass is 680 g/mol. The number of hydrogen-bond acceptors (Lipinski definition) is 8. The van der Waals surface area contributed by atoms with Crippen LogP contribution in [0.15, 0.2) is 77.9 Å². The number of carboxylic acid groups (broad SMARTS) is 1. The van der Waals surface area contributed by atoms with Gasteiger partial charge in [-0.25, -0.2) is 4.98 Å². The van der Waals surface area contributed by atoms with Gasteiger partial charge in [-0.3, -0.25) is 9.59 Å². The number of allylic oxidation sites excluding steroid dienone is 1. The predicted octanol–water partition coefficient (Wildman–Crippen LogP) is 6.71. The zero-order valence-corrected chi connectivity index (χ0v) is 28.8. The van der Waals surface area contributed by atoms with Crippen LogP contribution in [0.5, 0.6) is 0 Å². The Morgan fingerprint density at radius 3 is 2.60 bits per heavy atom. The highest BCUT2D eigenvalue weighted by Gasteiger charge is 2.42. The van der Waals surface area contributed by atoms with Gasteiger partial charge in [0.05, 0.1) is 25.1 Å². The number of thiazole rings is 1. The number of carbonyl (C=O) groups is 2. The van der Waals surface area contributed by atoms with Gasteiger partial charge < -0.3 is 29.3 Å². The number of amides is 1. The fourth-order valence-electron chi connectivity index (χ4n) is 6.13. The van der Waals surface area contributed by atoms with Crippen molar-refractivity contribution in [3.8, 4) is 0 Å². The topological polar surface area (TPSA) is 118 Å². The van der Waals surface area contributed by atoms with Gasteiger partial charge in [0, 0.05) is 57.9 Å². The molecule has 0 fully saturated rings. The standard InChI is InChI=1S/C36H41ClN2O7S/c1-21-11-14-27(44-4)33(45-5)31(21)32-24-16-23(37)12-13-26(24)39(19-36(2,3)20-40)34(41)28(46-32)17-30-38-18-29(47-30)25(35(42)43)15-22-9-7-6-8-10-22/h6-10,12-14,16,18,21,25,28,32,40H,11,15,17,19-20H2,1-5H3,(H,42,43)/t21?,25?,28-,32+/m1/s1. The average Bonchev–Trinajstić information content (AvgIpc) is 3.49. The number of nitrogens with zero attached hydrogens (tertiary/aromatic N) is 2. The number of methoxy groups -OCH3 is 2. The van der Waals surface area contributed by atoms with E-state index in [1.165, 1.54) is 11.3 Å². The number of aliphatic hydroxyl groups is 1. The lowest BCUT2D eigenvalue weighted by atomic mass is 9.84. The van der Waals surface area contributed by atoms with Crippen LogP contribution in [0.25, 0.3) is 0 Å². The molecule has 3 aromatic rings. The molecule has 0 radical (unpaired) electrons. The van der Waals surface area contributed by atoms with E-state index in [1.54, 1.807) is 31.4 Å². The van der Waals surface area contributed by atoms with Crippen molar-refractivity contribution in [2.75, 3.05) is 32.3 Å². The fourth-order valence-corrected chi connectivity index (χ4v) is 7.35. The van der Waals surface area contributed by atoms with Crippen molar-refractivity contribution in [3.05, 3.63) is 104 Å². The van der Waals surface area contributed by atoms with E-state index in [-0.39, 0.29) is 31.4 Å². The fraction of sp³-hybridized carbons (Fsp3) is 0.417. The third kappa shape index (κ3) is 7.56. The number of carboxylic acids is 1. The maximum absolute atomic E-state index is 14.5. The quantitative estimate of drug-likeness (QED) is 0.217. The molecule has 2 aliphatic rings. The molecule has 0 saturated heterocycles. The highest BCUT2D eigenvalue weighted by molar-refractivity contribution is 7.11. The first kappa shape index (κ1) is 34.6. The van der Waals surface area contributed by atoms with E-state index in [9.17, 15) is 19.8 Å². The SMILES string of the molecule is COC1=CCC(C)C([C@H]2O[C@H](Cc3ncc(C(Cc4ccccc4)C(=O)O)s3)C(=O)N(CC(C)(C)CO)c3ccc(Cl)cc32)=C1OC. The van der Waals surface area contributed by atoms with Gasteiger partial charge in [0.15, 0.2) is 11.5 Å². The summed E-state index contributed by atoms with van der Waals surface area (Å²) in [6, 6.07) is 14.8. The van der Waals surface area contributed by atoms with Crippen LogP contribution in [0.2, 0.25) is 5.02 Å². The summed E-state index contributed by atoms with van der Waals surface area (Å²) in [4.78, 5) is 33.8. The summed E-state index contributed by atoms with van der Waals surface area (Å²) in [5, 5.41) is 21.4. The summed E-state index contributed by atoms with van der Waals surface area (Å²) in [6.45, 7) is 5.94. The third-order valence-electron chi connectivity index (χ3n) is 8.65. The molecule has 9 nitrogen and oxygen atoms in total. The van der Waals surface area contributed by atoms with Crippen LogP contribution in [-0.2, 0) is 36.6 Å². The molecule has 1 amide bonds. The van der Waals surface area contributed by atoms with Gasteiger partial charge in [0.2, 0.25) is 0 Å². The largest absolute Gasteiger partial charge is 0.493 e. The van der Waals surface area contributed by atoms with E-state index >= 15 is 0 Å². The molecule has 2 aromatic carbocycles. The molecule has 0 saturated carbocycles. The molecule has 2 heterocycles. The molecule has 1 aliphatic carbocycles. The van der Waals surface area contributed by atoms with Crippen LogP contribution in [0.4, 0.5) is 5.69 Å². The van der Waals surface area contributed by atoms with Gasteiger partial charge in [0.1, 0.15) is 12.2 Å². The Hall–Kier alpha value is -3.70. The Balaban J connectivity index is 1.59. The highest BCUT2D eigenvalue weighted by Crippen LogP contribution is 2.47. The molecule has 250 valence electrons. The number of fused-ring (bicyclic) bond motifs is 1. The van der Waals surface area contributed by atoms with Crippen LogP contribution in [0.3, 0.4) is 0 Å². The molecule has 0 bridgehead atoms. The number of benzene rings is 2. The first-order valence-electron chi connectivity index (χ1n) is 15.6. The Morgan fingerprint density at radius 2 is 1.94 bits per heavy atom. The minimum absolute atomic E-state index is 0.0161.